The Kier molecular flexibility index (Phi) is 5.74. The molecule has 2 rings (SSSR count). The van der Waals surface area contributed by atoms with Gasteiger partial charge in [-0.1, -0.05) is 54.9 Å². The van der Waals surface area contributed by atoms with E-state index in [9.17, 15) is 9.90 Å². The fourth-order valence-corrected chi connectivity index (χ4v) is 3.21. The van der Waals surface area contributed by atoms with Crippen LogP contribution in [0.25, 0.3) is 0 Å². The number of hydrogen-bond donors (Lipinski definition) is 3. The van der Waals surface area contributed by atoms with Crippen LogP contribution < -0.4 is 5.62 Å². The normalized spacial score (nSPS) is 12.4. The van der Waals surface area contributed by atoms with E-state index in [0.717, 1.165) is 29.7 Å². The predicted octanol–water partition coefficient (Wildman–Crippen LogP) is 4.43. The average molecular weight is 372 g/mol. The molecule has 0 saturated heterocycles. The molecule has 0 aliphatic rings. The molecule has 0 aliphatic carbocycles. The smallest absolute Gasteiger partial charge is 0.199 e. The molecule has 1 heterocycles. The summed E-state index contributed by atoms with van der Waals surface area (Å²) >= 11 is 0. The summed E-state index contributed by atoms with van der Waals surface area (Å²) in [7, 11) is 0. The lowest BCUT2D eigenvalue weighted by Gasteiger charge is -2.28. The van der Waals surface area contributed by atoms with Gasteiger partial charge in [0, 0.05) is 28.6 Å². The number of hydrogen-bond acceptors (Lipinski definition) is 3. The Morgan fingerprint density at radius 3 is 2.07 bits per heavy atom. The van der Waals surface area contributed by atoms with E-state index < -0.39 is 0 Å². The second kappa shape index (κ2) is 7.37. The minimum atomic E-state index is -0.281. The Hall–Kier alpha value is -2.30. The van der Waals surface area contributed by atoms with Crippen LogP contribution in [0, 0.1) is 5.41 Å². The molecule has 0 bridgehead atoms. The van der Waals surface area contributed by atoms with E-state index >= 15 is 0 Å². The van der Waals surface area contributed by atoms with Crippen molar-refractivity contribution >= 4 is 5.78 Å². The molecule has 0 amide bonds. The van der Waals surface area contributed by atoms with E-state index in [0.29, 0.717) is 5.56 Å². The lowest BCUT2D eigenvalue weighted by molar-refractivity contribution is 0.0970. The first-order valence-electron chi connectivity index (χ1n) is 9.58. The summed E-state index contributed by atoms with van der Waals surface area (Å²) in [5.74, 6) is 0.207. The number of H-pyrrole nitrogens is 1. The maximum absolute atomic E-state index is 13.0. The Morgan fingerprint density at radius 1 is 1.11 bits per heavy atom. The molecule has 0 unspecified atom stereocenters. The monoisotopic (exact) mass is 371 g/mol. The number of aromatic hydroxyl groups is 1. The average Bonchev–Trinajstić information content (AvgIpc) is 2.85. The molecule has 0 radical (unpaired) electrons. The van der Waals surface area contributed by atoms with Gasteiger partial charge < -0.3 is 14.7 Å². The number of nitrogens with zero attached hydrogens (tertiary/aromatic N) is 1. The van der Waals surface area contributed by atoms with Crippen molar-refractivity contribution in [1.82, 2.24) is 9.55 Å². The number of aryl methyl sites for hydroxylation is 1. The Balaban J connectivity index is 2.48. The van der Waals surface area contributed by atoms with Gasteiger partial charge in [-0.05, 0) is 29.4 Å². The first kappa shape index (κ1) is 21.0. The predicted molar refractivity (Wildman–Crippen MR) is 108 cm³/mol. The molecule has 0 spiro atoms. The molecule has 5 heteroatoms. The highest BCUT2D eigenvalue weighted by Gasteiger charge is 2.27. The number of rotatable bonds is 5. The Bertz CT molecular complexity index is 854. The molecule has 27 heavy (non-hydrogen) atoms. The standard InChI is InChI=1S/C22H33N3O2/c1-8-9-15-12-25(20(23)24-15)13-18(26)14-10-16(21(2,3)4)19(27)17(11-14)22(5,6)7/h10-12,27H,8-9,13H2,1-7H3,(H2,23,24). The molecule has 0 saturated carbocycles. The van der Waals surface area contributed by atoms with Gasteiger partial charge in [-0.2, -0.15) is 0 Å². The molecule has 148 valence electrons. The fourth-order valence-electron chi connectivity index (χ4n) is 3.21. The van der Waals surface area contributed by atoms with Crippen LogP contribution >= 0.6 is 0 Å². The number of carbonyl (C=O) groups excluding carboxylic acids is 1. The van der Waals surface area contributed by atoms with Crippen molar-refractivity contribution in [3.8, 4) is 5.75 Å². The van der Waals surface area contributed by atoms with Crippen LogP contribution in [0.4, 0.5) is 0 Å². The number of aromatic nitrogens is 2. The molecular formula is C22H33N3O2. The minimum Gasteiger partial charge on any atom is -0.507 e. The quantitative estimate of drug-likeness (QED) is 0.680. The molecule has 0 atom stereocenters. The summed E-state index contributed by atoms with van der Waals surface area (Å²) in [6.07, 6.45) is 3.68. The first-order chi connectivity index (χ1) is 12.3. The summed E-state index contributed by atoms with van der Waals surface area (Å²) in [6.45, 7) is 14.4. The van der Waals surface area contributed by atoms with Crippen LogP contribution in [0.15, 0.2) is 18.3 Å². The number of Topliss-reactive ketones (excluding diaryl/α,β-unsaturated/α-hetero) is 1. The van der Waals surface area contributed by atoms with Crippen molar-refractivity contribution in [1.29, 1.82) is 5.41 Å². The van der Waals surface area contributed by atoms with Gasteiger partial charge in [0.05, 0.1) is 6.54 Å². The molecular weight excluding hydrogens is 338 g/mol. The number of phenols is 1. The molecule has 1 aromatic heterocycles. The lowest BCUT2D eigenvalue weighted by Crippen LogP contribution is -2.23. The second-order valence-electron chi connectivity index (χ2n) is 9.35. The summed E-state index contributed by atoms with van der Waals surface area (Å²) in [5.41, 5.74) is 2.76. The van der Waals surface area contributed by atoms with Crippen molar-refractivity contribution in [3.05, 3.63) is 46.3 Å². The molecule has 0 fully saturated rings. The van der Waals surface area contributed by atoms with Crippen LogP contribution in [0.3, 0.4) is 0 Å². The zero-order chi connectivity index (χ0) is 20.6. The van der Waals surface area contributed by atoms with Gasteiger partial charge in [-0.15, -0.1) is 0 Å². The number of phenolic OH excluding ortho intramolecular Hbond substituents is 1. The van der Waals surface area contributed by atoms with Crippen molar-refractivity contribution in [2.45, 2.75) is 78.7 Å². The van der Waals surface area contributed by atoms with Gasteiger partial charge in [-0.3, -0.25) is 10.2 Å². The number of imidazole rings is 1. The number of ketones is 1. The van der Waals surface area contributed by atoms with Crippen molar-refractivity contribution in [2.75, 3.05) is 0 Å². The van der Waals surface area contributed by atoms with Gasteiger partial charge >= 0.3 is 0 Å². The van der Waals surface area contributed by atoms with Gasteiger partial charge in [0.25, 0.3) is 0 Å². The van der Waals surface area contributed by atoms with Gasteiger partial charge in [0.15, 0.2) is 11.4 Å². The van der Waals surface area contributed by atoms with Crippen LogP contribution in [0.2, 0.25) is 0 Å². The third-order valence-electron chi connectivity index (χ3n) is 4.76. The number of carbonyl (C=O) groups is 1. The van der Waals surface area contributed by atoms with E-state index in [1.165, 1.54) is 0 Å². The van der Waals surface area contributed by atoms with E-state index in [-0.39, 0.29) is 34.5 Å². The van der Waals surface area contributed by atoms with Crippen molar-refractivity contribution in [2.24, 2.45) is 0 Å². The van der Waals surface area contributed by atoms with Crippen molar-refractivity contribution in [3.63, 3.8) is 0 Å². The molecule has 2 aromatic rings. The number of aromatic amines is 1. The molecule has 1 aromatic carbocycles. The van der Waals surface area contributed by atoms with Crippen molar-refractivity contribution < 1.29 is 9.90 Å². The maximum Gasteiger partial charge on any atom is 0.199 e. The highest BCUT2D eigenvalue weighted by molar-refractivity contribution is 5.96. The summed E-state index contributed by atoms with van der Waals surface area (Å²) in [6, 6.07) is 3.60. The highest BCUT2D eigenvalue weighted by atomic mass is 16.3. The van der Waals surface area contributed by atoms with E-state index in [1.807, 2.05) is 47.7 Å². The molecule has 0 aliphatic heterocycles. The van der Waals surface area contributed by atoms with Gasteiger partial charge in [0.1, 0.15) is 5.75 Å². The zero-order valence-corrected chi connectivity index (χ0v) is 17.7. The second-order valence-corrected chi connectivity index (χ2v) is 9.35. The molecule has 3 N–H and O–H groups in total. The summed E-state index contributed by atoms with van der Waals surface area (Å²) in [4.78, 5) is 16.0. The molecule has 5 nitrogen and oxygen atoms in total. The van der Waals surface area contributed by atoms with Crippen LogP contribution in [-0.4, -0.2) is 20.4 Å². The maximum atomic E-state index is 13.0. The van der Waals surface area contributed by atoms with Crippen LogP contribution in [0.1, 0.15) is 82.1 Å². The highest BCUT2D eigenvalue weighted by Crippen LogP contribution is 2.39. The van der Waals surface area contributed by atoms with Crippen LogP contribution in [-0.2, 0) is 23.8 Å². The third kappa shape index (κ3) is 4.71. The van der Waals surface area contributed by atoms with E-state index in [4.69, 9.17) is 5.41 Å². The Morgan fingerprint density at radius 2 is 1.63 bits per heavy atom. The van der Waals surface area contributed by atoms with Gasteiger partial charge in [0.2, 0.25) is 0 Å². The topological polar surface area (TPSA) is 81.9 Å². The van der Waals surface area contributed by atoms with Crippen LogP contribution in [0.5, 0.6) is 5.75 Å². The van der Waals surface area contributed by atoms with E-state index in [2.05, 4.69) is 11.9 Å². The SMILES string of the molecule is CCCc1cn(CC(=O)c2cc(C(C)(C)C)c(O)c(C(C)(C)C)c2)c(=N)[nH]1. The van der Waals surface area contributed by atoms with E-state index in [1.54, 1.807) is 16.7 Å². The third-order valence-corrected chi connectivity index (χ3v) is 4.76. The fraction of sp³-hybridized carbons (Fsp3) is 0.545. The number of nitrogens with one attached hydrogen (secondary N) is 2. The lowest BCUT2D eigenvalue weighted by atomic mass is 9.78. The zero-order valence-electron chi connectivity index (χ0n) is 17.7. The largest absolute Gasteiger partial charge is 0.507 e. The minimum absolute atomic E-state index is 0.0634. The Labute approximate surface area is 162 Å². The summed E-state index contributed by atoms with van der Waals surface area (Å²) < 4.78 is 1.65. The van der Waals surface area contributed by atoms with Gasteiger partial charge in [-0.25, -0.2) is 0 Å². The number of benzene rings is 1. The first-order valence-corrected chi connectivity index (χ1v) is 9.58. The summed E-state index contributed by atoms with van der Waals surface area (Å²) in [5, 5.41) is 18.9.